The number of rotatable bonds is 6. The Hall–Kier alpha value is -2.52. The number of pyridine rings is 2. The largest absolute Gasteiger partial charge is 0.351 e. The Balaban J connectivity index is 1.83. The molecule has 1 atom stereocenters. The van der Waals surface area contributed by atoms with E-state index in [-0.39, 0.29) is 17.7 Å². The molecule has 2 amide bonds. The van der Waals surface area contributed by atoms with Gasteiger partial charge >= 0.3 is 6.03 Å². The molecule has 150 valence electrons. The topological polar surface area (TPSA) is 118 Å². The number of primary amides is 1. The number of carbonyl (C=O) groups excluding carboxylic acids is 1. The highest BCUT2D eigenvalue weighted by Gasteiger charge is 2.22. The molecule has 2 aromatic rings. The summed E-state index contributed by atoms with van der Waals surface area (Å²) in [6, 6.07) is 3.33. The lowest BCUT2D eigenvalue weighted by molar-refractivity contribution is 0.253. The number of nitrogens with zero attached hydrogens (tertiary/aromatic N) is 3. The van der Waals surface area contributed by atoms with E-state index in [0.29, 0.717) is 12.4 Å². The molecule has 1 aliphatic rings. The van der Waals surface area contributed by atoms with Crippen molar-refractivity contribution in [2.75, 3.05) is 23.1 Å². The first-order valence-electron chi connectivity index (χ1n) is 9.25. The summed E-state index contributed by atoms with van der Waals surface area (Å²) in [5, 5.41) is 3.04. The molecule has 9 heteroatoms. The quantitative estimate of drug-likeness (QED) is 0.762. The van der Waals surface area contributed by atoms with Gasteiger partial charge in [0.1, 0.15) is 5.82 Å². The molecule has 3 heterocycles. The number of aromatic nitrogens is 2. The van der Waals surface area contributed by atoms with Gasteiger partial charge in [-0.25, -0.2) is 18.2 Å². The molecule has 1 aliphatic heterocycles. The zero-order chi connectivity index (χ0) is 20.3. The van der Waals surface area contributed by atoms with E-state index in [1.807, 2.05) is 19.1 Å². The van der Waals surface area contributed by atoms with Crippen LogP contribution in [0.3, 0.4) is 0 Å². The Morgan fingerprint density at radius 1 is 1.29 bits per heavy atom. The predicted molar refractivity (Wildman–Crippen MR) is 109 cm³/mol. The van der Waals surface area contributed by atoms with Crippen molar-refractivity contribution in [2.45, 2.75) is 32.7 Å². The maximum Gasteiger partial charge on any atom is 0.320 e. The van der Waals surface area contributed by atoms with E-state index >= 15 is 0 Å². The summed E-state index contributed by atoms with van der Waals surface area (Å²) in [4.78, 5) is 21.8. The number of hydrogen-bond acceptors (Lipinski definition) is 6. The van der Waals surface area contributed by atoms with E-state index in [0.717, 1.165) is 35.1 Å². The molecule has 3 N–H and O–H groups in total. The number of carbonyl (C=O) groups is 1. The van der Waals surface area contributed by atoms with Crippen LogP contribution in [0.15, 0.2) is 30.7 Å². The Morgan fingerprint density at radius 3 is 2.75 bits per heavy atom. The van der Waals surface area contributed by atoms with Crippen molar-refractivity contribution in [2.24, 2.45) is 5.73 Å². The highest BCUT2D eigenvalue weighted by molar-refractivity contribution is 7.91. The number of amides is 2. The fourth-order valence-electron chi connectivity index (χ4n) is 3.16. The molecular formula is C19H25N5O3S. The van der Waals surface area contributed by atoms with Crippen molar-refractivity contribution >= 4 is 21.7 Å². The summed E-state index contributed by atoms with van der Waals surface area (Å²) in [7, 11) is -3.09. The third-order valence-corrected chi connectivity index (χ3v) is 6.42. The standard InChI is InChI=1S/C19H25N5O3S/c1-3-28(26,27)12-23-13(2)15-8-16(10-21-9-15)17-7-14-5-4-6-24(19(20)25)18(14)22-11-17/h7-11,13,23H,3-6,12H2,1-2H3,(H2,20,25)/t13-/m1/s1. The van der Waals surface area contributed by atoms with Crippen molar-refractivity contribution in [1.29, 1.82) is 0 Å². The first kappa shape index (κ1) is 20.2. The van der Waals surface area contributed by atoms with Crippen LogP contribution >= 0.6 is 0 Å². The van der Waals surface area contributed by atoms with Gasteiger partial charge in [0.2, 0.25) is 0 Å². The molecule has 0 unspecified atom stereocenters. The molecule has 0 fully saturated rings. The summed E-state index contributed by atoms with van der Waals surface area (Å²) >= 11 is 0. The van der Waals surface area contributed by atoms with Crippen LogP contribution in [-0.4, -0.2) is 42.6 Å². The van der Waals surface area contributed by atoms with E-state index in [1.165, 1.54) is 4.90 Å². The number of hydrogen-bond donors (Lipinski definition) is 2. The predicted octanol–water partition coefficient (Wildman–Crippen LogP) is 2.02. The molecule has 0 saturated heterocycles. The van der Waals surface area contributed by atoms with Crippen molar-refractivity contribution in [3.8, 4) is 11.1 Å². The fourth-order valence-corrected chi connectivity index (χ4v) is 3.87. The Kier molecular flexibility index (Phi) is 5.95. The zero-order valence-corrected chi connectivity index (χ0v) is 16.9. The Morgan fingerprint density at radius 2 is 2.04 bits per heavy atom. The van der Waals surface area contributed by atoms with Gasteiger partial charge in [-0.1, -0.05) is 6.92 Å². The second kappa shape index (κ2) is 8.24. The van der Waals surface area contributed by atoms with Crippen LogP contribution in [0.5, 0.6) is 0 Å². The molecule has 8 nitrogen and oxygen atoms in total. The van der Waals surface area contributed by atoms with Gasteiger partial charge in [-0.3, -0.25) is 15.2 Å². The highest BCUT2D eigenvalue weighted by atomic mass is 32.2. The molecule has 0 saturated carbocycles. The SMILES string of the molecule is CCS(=O)(=O)CN[C@H](C)c1cncc(-c2cnc3c(c2)CCCN3C(N)=O)c1. The number of nitrogens with one attached hydrogen (secondary N) is 1. The summed E-state index contributed by atoms with van der Waals surface area (Å²) in [6.07, 6.45) is 6.85. The number of anilines is 1. The average molecular weight is 404 g/mol. The summed E-state index contributed by atoms with van der Waals surface area (Å²) in [5.41, 5.74) is 9.09. The van der Waals surface area contributed by atoms with E-state index in [9.17, 15) is 13.2 Å². The third-order valence-electron chi connectivity index (χ3n) is 4.93. The minimum absolute atomic E-state index is 0.0712. The average Bonchev–Trinajstić information content (AvgIpc) is 2.71. The summed E-state index contributed by atoms with van der Waals surface area (Å²) in [6.45, 7) is 4.11. The lowest BCUT2D eigenvalue weighted by atomic mass is 10.00. The first-order chi connectivity index (χ1) is 13.3. The van der Waals surface area contributed by atoms with Crippen LogP contribution in [0, 0.1) is 0 Å². The molecule has 0 spiro atoms. The lowest BCUT2D eigenvalue weighted by Gasteiger charge is -2.27. The van der Waals surface area contributed by atoms with Gasteiger partial charge in [0.25, 0.3) is 0 Å². The first-order valence-corrected chi connectivity index (χ1v) is 11.1. The number of fused-ring (bicyclic) bond motifs is 1. The molecule has 0 aliphatic carbocycles. The van der Waals surface area contributed by atoms with E-state index in [2.05, 4.69) is 15.3 Å². The van der Waals surface area contributed by atoms with Crippen LogP contribution < -0.4 is 16.0 Å². The van der Waals surface area contributed by atoms with Crippen LogP contribution in [0.4, 0.5) is 10.6 Å². The zero-order valence-electron chi connectivity index (χ0n) is 16.1. The van der Waals surface area contributed by atoms with Crippen LogP contribution in [0.1, 0.15) is 37.4 Å². The Bertz CT molecular complexity index is 977. The number of sulfone groups is 1. The van der Waals surface area contributed by atoms with Gasteiger partial charge in [-0.05, 0) is 43.0 Å². The maximum atomic E-state index is 11.7. The smallest absolute Gasteiger partial charge is 0.320 e. The van der Waals surface area contributed by atoms with Crippen molar-refractivity contribution in [3.05, 3.63) is 41.9 Å². The van der Waals surface area contributed by atoms with Gasteiger partial charge in [-0.2, -0.15) is 0 Å². The van der Waals surface area contributed by atoms with Gasteiger partial charge < -0.3 is 5.73 Å². The third kappa shape index (κ3) is 4.48. The molecule has 0 radical (unpaired) electrons. The number of urea groups is 1. The summed E-state index contributed by atoms with van der Waals surface area (Å²) < 4.78 is 23.4. The second-order valence-electron chi connectivity index (χ2n) is 6.91. The minimum atomic E-state index is -3.09. The minimum Gasteiger partial charge on any atom is -0.351 e. The van der Waals surface area contributed by atoms with Gasteiger partial charge in [0, 0.05) is 48.1 Å². The van der Waals surface area contributed by atoms with Crippen molar-refractivity contribution in [1.82, 2.24) is 15.3 Å². The summed E-state index contributed by atoms with van der Waals surface area (Å²) in [5.74, 6) is 0.651. The van der Waals surface area contributed by atoms with Crippen molar-refractivity contribution in [3.63, 3.8) is 0 Å². The maximum absolute atomic E-state index is 11.7. The van der Waals surface area contributed by atoms with Crippen molar-refractivity contribution < 1.29 is 13.2 Å². The Labute approximate surface area is 165 Å². The molecule has 3 rings (SSSR count). The fraction of sp³-hybridized carbons (Fsp3) is 0.421. The second-order valence-corrected chi connectivity index (χ2v) is 9.26. The van der Waals surface area contributed by atoms with E-state index < -0.39 is 15.9 Å². The lowest BCUT2D eigenvalue weighted by Crippen LogP contribution is -2.40. The molecule has 0 bridgehead atoms. The van der Waals surface area contributed by atoms with E-state index in [1.54, 1.807) is 25.5 Å². The monoisotopic (exact) mass is 403 g/mol. The molecule has 0 aromatic carbocycles. The van der Waals surface area contributed by atoms with Crippen LogP contribution in [0.25, 0.3) is 11.1 Å². The van der Waals surface area contributed by atoms with Gasteiger partial charge in [-0.15, -0.1) is 0 Å². The number of nitrogens with two attached hydrogens (primary N) is 1. The molecular weight excluding hydrogens is 378 g/mol. The van der Waals surface area contributed by atoms with Crippen LogP contribution in [0.2, 0.25) is 0 Å². The normalized spacial score (nSPS) is 15.1. The van der Waals surface area contributed by atoms with E-state index in [4.69, 9.17) is 5.73 Å². The highest BCUT2D eigenvalue weighted by Crippen LogP contribution is 2.30. The molecule has 2 aromatic heterocycles. The van der Waals surface area contributed by atoms with Crippen LogP contribution in [-0.2, 0) is 16.3 Å². The molecule has 28 heavy (non-hydrogen) atoms. The van der Waals surface area contributed by atoms with Gasteiger partial charge in [0.15, 0.2) is 9.84 Å². The number of aryl methyl sites for hydroxylation is 1. The van der Waals surface area contributed by atoms with Gasteiger partial charge in [0.05, 0.1) is 5.88 Å².